The van der Waals surface area contributed by atoms with Crippen LogP contribution in [-0.4, -0.2) is 34.9 Å². The van der Waals surface area contributed by atoms with Gasteiger partial charge in [0.1, 0.15) is 0 Å². The lowest BCUT2D eigenvalue weighted by molar-refractivity contribution is -0.123. The van der Waals surface area contributed by atoms with Gasteiger partial charge in [0.15, 0.2) is 0 Å². The monoisotopic (exact) mass is 574 g/mol. The van der Waals surface area contributed by atoms with E-state index in [1.54, 1.807) is 6.08 Å². The molecule has 0 aliphatic carbocycles. The molecular formula is C37H67NO3. The molecule has 0 fully saturated rings. The van der Waals surface area contributed by atoms with Crippen molar-refractivity contribution >= 4 is 5.91 Å². The number of carbonyl (C=O) groups excluding carboxylic acids is 1. The molecular weight excluding hydrogens is 506 g/mol. The van der Waals surface area contributed by atoms with E-state index in [9.17, 15) is 15.0 Å². The third-order valence-corrected chi connectivity index (χ3v) is 7.52. The van der Waals surface area contributed by atoms with Crippen molar-refractivity contribution in [3.05, 3.63) is 48.6 Å². The van der Waals surface area contributed by atoms with Crippen molar-refractivity contribution < 1.29 is 15.0 Å². The molecule has 3 N–H and O–H groups in total. The summed E-state index contributed by atoms with van der Waals surface area (Å²) >= 11 is 0. The largest absolute Gasteiger partial charge is 0.394 e. The van der Waals surface area contributed by atoms with Crippen LogP contribution in [0.4, 0.5) is 0 Å². The fraction of sp³-hybridized carbons (Fsp3) is 0.757. The van der Waals surface area contributed by atoms with Crippen molar-refractivity contribution in [1.82, 2.24) is 5.32 Å². The van der Waals surface area contributed by atoms with Gasteiger partial charge in [0.25, 0.3) is 0 Å². The van der Waals surface area contributed by atoms with Crippen LogP contribution >= 0.6 is 0 Å². The number of amides is 1. The fourth-order valence-corrected chi connectivity index (χ4v) is 4.82. The molecule has 41 heavy (non-hydrogen) atoms. The highest BCUT2D eigenvalue weighted by molar-refractivity contribution is 5.76. The molecule has 0 bridgehead atoms. The maximum Gasteiger partial charge on any atom is 0.220 e. The van der Waals surface area contributed by atoms with E-state index in [0.29, 0.717) is 6.42 Å². The fourth-order valence-electron chi connectivity index (χ4n) is 4.82. The van der Waals surface area contributed by atoms with Crippen LogP contribution in [0.3, 0.4) is 0 Å². The molecule has 0 spiro atoms. The lowest BCUT2D eigenvalue weighted by Gasteiger charge is -2.19. The Morgan fingerprint density at radius 2 is 1.07 bits per heavy atom. The highest BCUT2D eigenvalue weighted by atomic mass is 16.3. The van der Waals surface area contributed by atoms with Crippen LogP contribution in [0.1, 0.15) is 162 Å². The summed E-state index contributed by atoms with van der Waals surface area (Å²) in [6.45, 7) is 4.20. The number of hydrogen-bond acceptors (Lipinski definition) is 3. The van der Waals surface area contributed by atoms with Gasteiger partial charge in [-0.05, 0) is 57.8 Å². The molecule has 238 valence electrons. The summed E-state index contributed by atoms with van der Waals surface area (Å²) in [7, 11) is 0. The Bertz CT molecular complexity index is 667. The summed E-state index contributed by atoms with van der Waals surface area (Å²) in [6.07, 6.45) is 43.3. The van der Waals surface area contributed by atoms with Crippen molar-refractivity contribution in [1.29, 1.82) is 0 Å². The van der Waals surface area contributed by atoms with Gasteiger partial charge in [-0.15, -0.1) is 0 Å². The summed E-state index contributed by atoms with van der Waals surface area (Å²) in [5.74, 6) is -0.0922. The smallest absolute Gasteiger partial charge is 0.220 e. The minimum Gasteiger partial charge on any atom is -0.394 e. The van der Waals surface area contributed by atoms with Crippen molar-refractivity contribution in [2.75, 3.05) is 6.61 Å². The van der Waals surface area contributed by atoms with Gasteiger partial charge in [-0.1, -0.05) is 146 Å². The predicted molar refractivity (Wildman–Crippen MR) is 179 cm³/mol. The Labute approximate surface area is 254 Å². The van der Waals surface area contributed by atoms with Gasteiger partial charge >= 0.3 is 0 Å². The van der Waals surface area contributed by atoms with Crippen LogP contribution in [0.5, 0.6) is 0 Å². The molecule has 4 heteroatoms. The number of hydrogen-bond donors (Lipinski definition) is 3. The van der Waals surface area contributed by atoms with Crippen LogP contribution in [0.15, 0.2) is 48.6 Å². The van der Waals surface area contributed by atoms with Crippen molar-refractivity contribution in [2.45, 2.75) is 174 Å². The zero-order valence-corrected chi connectivity index (χ0v) is 27.0. The van der Waals surface area contributed by atoms with Gasteiger partial charge in [-0.3, -0.25) is 4.79 Å². The summed E-state index contributed by atoms with van der Waals surface area (Å²) in [5, 5.41) is 22.8. The summed E-state index contributed by atoms with van der Waals surface area (Å²) < 4.78 is 0. The van der Waals surface area contributed by atoms with E-state index in [0.717, 1.165) is 51.4 Å². The van der Waals surface area contributed by atoms with Crippen LogP contribution < -0.4 is 5.32 Å². The second-order valence-corrected chi connectivity index (χ2v) is 11.6. The van der Waals surface area contributed by atoms with Gasteiger partial charge in [0.2, 0.25) is 5.91 Å². The Hall–Kier alpha value is -1.65. The molecule has 0 aromatic rings. The van der Waals surface area contributed by atoms with E-state index in [4.69, 9.17) is 0 Å². The first kappa shape index (κ1) is 39.4. The number of rotatable bonds is 30. The summed E-state index contributed by atoms with van der Waals surface area (Å²) in [6, 6.07) is -0.644. The Morgan fingerprint density at radius 1 is 0.585 bits per heavy atom. The first-order valence-electron chi connectivity index (χ1n) is 17.4. The maximum atomic E-state index is 12.3. The third-order valence-electron chi connectivity index (χ3n) is 7.52. The third kappa shape index (κ3) is 29.6. The minimum absolute atomic E-state index is 0.0922. The first-order valence-corrected chi connectivity index (χ1v) is 17.4. The normalized spacial score (nSPS) is 13.8. The number of carbonyl (C=O) groups is 1. The molecule has 0 saturated heterocycles. The summed E-state index contributed by atoms with van der Waals surface area (Å²) in [5.41, 5.74) is 0. The molecule has 0 saturated carbocycles. The van der Waals surface area contributed by atoms with E-state index in [1.807, 2.05) is 6.08 Å². The van der Waals surface area contributed by atoms with Gasteiger partial charge in [-0.2, -0.15) is 0 Å². The molecule has 0 aliphatic rings. The standard InChI is InChI=1S/C37H67NO3/c1-3-5-7-9-11-13-15-17-18-19-21-22-24-26-28-30-32-36(40)35(34-39)38-37(41)33-31-29-27-25-23-20-16-14-12-10-8-6-4-2/h8,10,14,16,22,24,30,32,35-36,39-40H,3-7,9,11-13,15,17-21,23,25-29,31,33-34H2,1-2H3,(H,38,41)/b10-8-,16-14-,24-22+,32-30+. The van der Waals surface area contributed by atoms with E-state index >= 15 is 0 Å². The molecule has 2 atom stereocenters. The highest BCUT2D eigenvalue weighted by Crippen LogP contribution is 2.12. The first-order chi connectivity index (χ1) is 20.2. The number of unbranched alkanes of at least 4 members (excludes halogenated alkanes) is 17. The van der Waals surface area contributed by atoms with Crippen molar-refractivity contribution in [3.63, 3.8) is 0 Å². The van der Waals surface area contributed by atoms with E-state index < -0.39 is 12.1 Å². The van der Waals surface area contributed by atoms with Crippen LogP contribution in [0.2, 0.25) is 0 Å². The van der Waals surface area contributed by atoms with Gasteiger partial charge < -0.3 is 15.5 Å². The number of nitrogens with one attached hydrogen (secondary N) is 1. The topological polar surface area (TPSA) is 69.6 Å². The molecule has 1 amide bonds. The van der Waals surface area contributed by atoms with Crippen LogP contribution in [0, 0.1) is 0 Å². The summed E-state index contributed by atoms with van der Waals surface area (Å²) in [4.78, 5) is 12.3. The SMILES string of the molecule is CCC/C=C\C/C=C\CCCCCCCC(=O)NC(CO)C(O)/C=C/CC/C=C/CCCCCCCCCCCC. The quantitative estimate of drug-likeness (QED) is 0.0591. The lowest BCUT2D eigenvalue weighted by atomic mass is 10.1. The lowest BCUT2D eigenvalue weighted by Crippen LogP contribution is -2.45. The molecule has 0 rings (SSSR count). The van der Waals surface area contributed by atoms with Gasteiger partial charge in [0.05, 0.1) is 18.8 Å². The predicted octanol–water partition coefficient (Wildman–Crippen LogP) is 10.1. The Morgan fingerprint density at radius 3 is 1.66 bits per heavy atom. The molecule has 0 heterocycles. The second kappa shape index (κ2) is 32.9. The van der Waals surface area contributed by atoms with Crippen LogP contribution in [0.25, 0.3) is 0 Å². The van der Waals surface area contributed by atoms with Crippen molar-refractivity contribution in [2.24, 2.45) is 0 Å². The Balaban J connectivity index is 3.73. The molecule has 0 radical (unpaired) electrons. The molecule has 0 aromatic carbocycles. The molecule has 0 aliphatic heterocycles. The van der Waals surface area contributed by atoms with E-state index in [-0.39, 0.29) is 12.5 Å². The molecule has 0 aromatic heterocycles. The number of aliphatic hydroxyl groups excluding tert-OH is 2. The zero-order valence-electron chi connectivity index (χ0n) is 27.0. The minimum atomic E-state index is -0.866. The number of aliphatic hydroxyl groups is 2. The maximum absolute atomic E-state index is 12.3. The highest BCUT2D eigenvalue weighted by Gasteiger charge is 2.17. The van der Waals surface area contributed by atoms with E-state index in [2.05, 4.69) is 55.6 Å². The number of allylic oxidation sites excluding steroid dienone is 7. The molecule has 2 unspecified atom stereocenters. The Kier molecular flexibility index (Phi) is 31.5. The van der Waals surface area contributed by atoms with E-state index in [1.165, 1.54) is 89.9 Å². The van der Waals surface area contributed by atoms with Gasteiger partial charge in [-0.25, -0.2) is 0 Å². The van der Waals surface area contributed by atoms with Crippen molar-refractivity contribution in [3.8, 4) is 0 Å². The average molecular weight is 574 g/mol. The van der Waals surface area contributed by atoms with Crippen LogP contribution in [-0.2, 0) is 4.79 Å². The zero-order chi connectivity index (χ0) is 30.1. The van der Waals surface area contributed by atoms with Gasteiger partial charge in [0, 0.05) is 6.42 Å². The second-order valence-electron chi connectivity index (χ2n) is 11.6. The molecule has 4 nitrogen and oxygen atoms in total. The average Bonchev–Trinajstić information content (AvgIpc) is 2.97.